The van der Waals surface area contributed by atoms with Crippen molar-refractivity contribution in [3.8, 4) is 0 Å². The van der Waals surface area contributed by atoms with Crippen molar-refractivity contribution in [3.63, 3.8) is 0 Å². The quantitative estimate of drug-likeness (QED) is 0.477. The predicted molar refractivity (Wildman–Crippen MR) is 98.5 cm³/mol. The molecular formula is C16H11Cl2N3O3S. The molecule has 0 N–H and O–H groups in total. The molecular weight excluding hydrogens is 385 g/mol. The molecule has 0 aliphatic heterocycles. The molecule has 9 heteroatoms. The Hall–Kier alpha value is -2.22. The second kappa shape index (κ2) is 6.95. The van der Waals surface area contributed by atoms with Gasteiger partial charge in [-0.3, -0.25) is 14.9 Å². The van der Waals surface area contributed by atoms with Crippen LogP contribution in [-0.4, -0.2) is 15.4 Å². The van der Waals surface area contributed by atoms with Crippen LogP contribution in [0, 0.1) is 10.1 Å². The minimum absolute atomic E-state index is 0.151. The number of hydrogen-bond acceptors (Lipinski definition) is 4. The molecule has 6 nitrogen and oxygen atoms in total. The molecule has 1 aromatic heterocycles. The first kappa shape index (κ1) is 17.6. The highest BCUT2D eigenvalue weighted by Crippen LogP contribution is 2.29. The summed E-state index contributed by atoms with van der Waals surface area (Å²) in [6.07, 6.45) is 0. The third kappa shape index (κ3) is 3.44. The molecule has 0 aliphatic rings. The number of thiazole rings is 1. The van der Waals surface area contributed by atoms with E-state index in [9.17, 15) is 14.9 Å². The summed E-state index contributed by atoms with van der Waals surface area (Å²) < 4.78 is 2.62. The maximum Gasteiger partial charge on any atom is 0.279 e. The van der Waals surface area contributed by atoms with Gasteiger partial charge in [-0.15, -0.1) is 0 Å². The predicted octanol–water partition coefficient (Wildman–Crippen LogP) is 4.68. The SMILES string of the molecule is CCn1c(=NC(=O)c2cccc([N+](=O)[O-])c2)sc2cc(Cl)cc(Cl)c21. The smallest absolute Gasteiger partial charge is 0.279 e. The monoisotopic (exact) mass is 395 g/mol. The summed E-state index contributed by atoms with van der Waals surface area (Å²) in [4.78, 5) is 27.3. The Morgan fingerprint density at radius 3 is 2.76 bits per heavy atom. The number of nitro groups is 1. The zero-order valence-electron chi connectivity index (χ0n) is 12.9. The maximum atomic E-state index is 12.4. The van der Waals surface area contributed by atoms with Crippen molar-refractivity contribution in [1.29, 1.82) is 0 Å². The second-order valence-electron chi connectivity index (χ2n) is 5.09. The van der Waals surface area contributed by atoms with E-state index >= 15 is 0 Å². The number of nitro benzene ring substituents is 1. The molecule has 2 aromatic carbocycles. The van der Waals surface area contributed by atoms with E-state index in [0.29, 0.717) is 21.4 Å². The van der Waals surface area contributed by atoms with E-state index in [0.717, 1.165) is 10.2 Å². The molecule has 0 saturated carbocycles. The van der Waals surface area contributed by atoms with E-state index in [1.807, 2.05) is 11.5 Å². The van der Waals surface area contributed by atoms with Gasteiger partial charge in [-0.1, -0.05) is 40.6 Å². The number of aryl methyl sites for hydroxylation is 1. The van der Waals surface area contributed by atoms with Crippen molar-refractivity contribution in [2.24, 2.45) is 4.99 Å². The van der Waals surface area contributed by atoms with Crippen molar-refractivity contribution in [3.05, 3.63) is 66.9 Å². The lowest BCUT2D eigenvalue weighted by atomic mass is 10.2. The summed E-state index contributed by atoms with van der Waals surface area (Å²) in [5, 5.41) is 11.8. The van der Waals surface area contributed by atoms with Gasteiger partial charge in [0.15, 0.2) is 4.80 Å². The average Bonchev–Trinajstić information content (AvgIpc) is 2.91. The Balaban J connectivity index is 2.15. The molecule has 3 rings (SSSR count). The Kier molecular flexibility index (Phi) is 4.89. The Labute approximate surface area is 156 Å². The standard InChI is InChI=1S/C16H11Cl2N3O3S/c1-2-20-14-12(18)7-10(17)8-13(14)25-16(20)19-15(22)9-4-3-5-11(6-9)21(23)24/h3-8H,2H2,1H3. The number of halogens is 2. The number of non-ortho nitro benzene ring substituents is 1. The lowest BCUT2D eigenvalue weighted by molar-refractivity contribution is -0.384. The number of nitrogens with zero attached hydrogens (tertiary/aromatic N) is 3. The highest BCUT2D eigenvalue weighted by atomic mass is 35.5. The first-order valence-electron chi connectivity index (χ1n) is 7.22. The summed E-state index contributed by atoms with van der Waals surface area (Å²) in [5.74, 6) is -0.556. The molecule has 3 aromatic rings. The highest BCUT2D eigenvalue weighted by Gasteiger charge is 2.14. The van der Waals surface area contributed by atoms with Crippen LogP contribution in [0.3, 0.4) is 0 Å². The van der Waals surface area contributed by atoms with Gasteiger partial charge < -0.3 is 4.57 Å². The van der Waals surface area contributed by atoms with Crippen molar-refractivity contribution >= 4 is 56.3 Å². The number of benzene rings is 2. The van der Waals surface area contributed by atoms with Crippen LogP contribution in [0.4, 0.5) is 5.69 Å². The van der Waals surface area contributed by atoms with Crippen LogP contribution in [0.15, 0.2) is 41.4 Å². The van der Waals surface area contributed by atoms with Gasteiger partial charge in [-0.2, -0.15) is 4.99 Å². The van der Waals surface area contributed by atoms with Crippen LogP contribution in [0.25, 0.3) is 10.2 Å². The Morgan fingerprint density at radius 1 is 1.32 bits per heavy atom. The second-order valence-corrected chi connectivity index (χ2v) is 6.94. The van der Waals surface area contributed by atoms with Crippen LogP contribution < -0.4 is 4.80 Å². The van der Waals surface area contributed by atoms with E-state index in [1.165, 1.54) is 35.6 Å². The molecule has 1 heterocycles. The summed E-state index contributed by atoms with van der Waals surface area (Å²) in [7, 11) is 0. The average molecular weight is 396 g/mol. The summed E-state index contributed by atoms with van der Waals surface area (Å²) in [6.45, 7) is 2.47. The molecule has 0 bridgehead atoms. The van der Waals surface area contributed by atoms with E-state index in [2.05, 4.69) is 4.99 Å². The van der Waals surface area contributed by atoms with Crippen LogP contribution in [0.2, 0.25) is 10.0 Å². The first-order valence-corrected chi connectivity index (χ1v) is 8.80. The van der Waals surface area contributed by atoms with Crippen molar-refractivity contribution in [2.45, 2.75) is 13.5 Å². The lowest BCUT2D eigenvalue weighted by Gasteiger charge is -2.02. The van der Waals surface area contributed by atoms with Gasteiger partial charge in [0.25, 0.3) is 11.6 Å². The van der Waals surface area contributed by atoms with Crippen molar-refractivity contribution < 1.29 is 9.72 Å². The minimum atomic E-state index is -0.556. The zero-order valence-corrected chi connectivity index (χ0v) is 15.2. The largest absolute Gasteiger partial charge is 0.315 e. The Bertz CT molecular complexity index is 1070. The summed E-state index contributed by atoms with van der Waals surface area (Å²) >= 11 is 13.6. The molecule has 0 unspecified atom stereocenters. The zero-order chi connectivity index (χ0) is 18.1. The molecule has 25 heavy (non-hydrogen) atoms. The molecule has 1 amide bonds. The van der Waals surface area contributed by atoms with Crippen LogP contribution in [-0.2, 0) is 6.54 Å². The van der Waals surface area contributed by atoms with Gasteiger partial charge >= 0.3 is 0 Å². The van der Waals surface area contributed by atoms with E-state index < -0.39 is 10.8 Å². The van der Waals surface area contributed by atoms with Crippen LogP contribution >= 0.6 is 34.5 Å². The van der Waals surface area contributed by atoms with E-state index in [4.69, 9.17) is 23.2 Å². The number of fused-ring (bicyclic) bond motifs is 1. The third-order valence-electron chi connectivity index (χ3n) is 3.51. The van der Waals surface area contributed by atoms with Crippen molar-refractivity contribution in [2.75, 3.05) is 0 Å². The number of carbonyl (C=O) groups is 1. The normalized spacial score (nSPS) is 11.9. The van der Waals surface area contributed by atoms with Gasteiger partial charge in [-0.25, -0.2) is 0 Å². The molecule has 0 fully saturated rings. The first-order chi connectivity index (χ1) is 11.9. The molecule has 128 valence electrons. The van der Waals surface area contributed by atoms with Crippen LogP contribution in [0.1, 0.15) is 17.3 Å². The number of carbonyl (C=O) groups excluding carboxylic acids is 1. The van der Waals surface area contributed by atoms with Gasteiger partial charge in [-0.05, 0) is 25.1 Å². The molecule has 0 radical (unpaired) electrons. The number of amides is 1. The molecule has 0 atom stereocenters. The number of hydrogen-bond donors (Lipinski definition) is 0. The lowest BCUT2D eigenvalue weighted by Crippen LogP contribution is -2.16. The van der Waals surface area contributed by atoms with Crippen molar-refractivity contribution in [1.82, 2.24) is 4.57 Å². The number of aromatic nitrogens is 1. The van der Waals surface area contributed by atoms with Gasteiger partial charge in [0, 0.05) is 29.3 Å². The minimum Gasteiger partial charge on any atom is -0.315 e. The van der Waals surface area contributed by atoms with Gasteiger partial charge in [0.2, 0.25) is 0 Å². The third-order valence-corrected chi connectivity index (χ3v) is 5.04. The maximum absolute atomic E-state index is 12.4. The fourth-order valence-electron chi connectivity index (χ4n) is 2.41. The topological polar surface area (TPSA) is 77.5 Å². The fraction of sp³-hybridized carbons (Fsp3) is 0.125. The summed E-state index contributed by atoms with van der Waals surface area (Å²) in [6, 6.07) is 8.87. The van der Waals surface area contributed by atoms with E-state index in [1.54, 1.807) is 12.1 Å². The van der Waals surface area contributed by atoms with Gasteiger partial charge in [0.05, 0.1) is 20.2 Å². The number of rotatable bonds is 3. The summed E-state index contributed by atoms with van der Waals surface area (Å²) in [5.41, 5.74) is 0.748. The molecule has 0 spiro atoms. The van der Waals surface area contributed by atoms with E-state index in [-0.39, 0.29) is 11.3 Å². The fourth-order valence-corrected chi connectivity index (χ4v) is 4.29. The molecule has 0 aliphatic carbocycles. The Morgan fingerprint density at radius 2 is 2.08 bits per heavy atom. The molecule has 0 saturated heterocycles. The van der Waals surface area contributed by atoms with Crippen LogP contribution in [0.5, 0.6) is 0 Å². The highest BCUT2D eigenvalue weighted by molar-refractivity contribution is 7.16. The van der Waals surface area contributed by atoms with Gasteiger partial charge in [0.1, 0.15) is 0 Å².